The molecule has 0 radical (unpaired) electrons. The van der Waals surface area contributed by atoms with Crippen LogP contribution in [-0.2, 0) is 0 Å². The van der Waals surface area contributed by atoms with Gasteiger partial charge in [-0.25, -0.2) is 0 Å². The van der Waals surface area contributed by atoms with Crippen molar-refractivity contribution in [2.45, 2.75) is 12.3 Å². The maximum absolute atomic E-state index is 11.2. The average Bonchev–Trinajstić information content (AvgIpc) is 2.53. The molecule has 4 heteroatoms. The second kappa shape index (κ2) is 5.87. The van der Waals surface area contributed by atoms with E-state index >= 15 is 0 Å². The van der Waals surface area contributed by atoms with E-state index in [9.17, 15) is 4.79 Å². The van der Waals surface area contributed by atoms with Crippen molar-refractivity contribution in [3.63, 3.8) is 0 Å². The molecule has 1 unspecified atom stereocenters. The lowest BCUT2D eigenvalue weighted by Crippen LogP contribution is -2.21. The van der Waals surface area contributed by atoms with Gasteiger partial charge in [0.25, 0.3) is 0 Å². The van der Waals surface area contributed by atoms with Gasteiger partial charge in [-0.2, -0.15) is 0 Å². The molecule has 0 saturated heterocycles. The predicted molar refractivity (Wildman–Crippen MR) is 82.7 cm³/mol. The number of hydrogen-bond acceptors (Lipinski definition) is 3. The van der Waals surface area contributed by atoms with E-state index < -0.39 is 5.91 Å². The number of ether oxygens (including phenoxy) is 1. The van der Waals surface area contributed by atoms with Gasteiger partial charge < -0.3 is 15.8 Å². The van der Waals surface area contributed by atoms with Crippen molar-refractivity contribution >= 4 is 11.6 Å². The van der Waals surface area contributed by atoms with Gasteiger partial charge in [-0.05, 0) is 36.2 Å². The summed E-state index contributed by atoms with van der Waals surface area (Å²) in [6.07, 6.45) is 0.986. The number of benzene rings is 2. The normalized spacial score (nSPS) is 16.7. The summed E-state index contributed by atoms with van der Waals surface area (Å²) in [6.45, 7) is 1.55. The molecule has 0 aromatic heterocycles. The third-order valence-electron chi connectivity index (χ3n) is 3.78. The van der Waals surface area contributed by atoms with Crippen LogP contribution < -0.4 is 15.8 Å². The van der Waals surface area contributed by atoms with Crippen LogP contribution in [0.15, 0.2) is 48.5 Å². The Bertz CT molecular complexity index is 655. The second-order valence-corrected chi connectivity index (χ2v) is 5.20. The lowest BCUT2D eigenvalue weighted by molar-refractivity contribution is 0.100. The van der Waals surface area contributed by atoms with Gasteiger partial charge in [0.15, 0.2) is 0 Å². The van der Waals surface area contributed by atoms with Gasteiger partial charge in [-0.3, -0.25) is 4.79 Å². The molecule has 108 valence electrons. The Morgan fingerprint density at radius 3 is 2.95 bits per heavy atom. The maximum atomic E-state index is 11.2. The van der Waals surface area contributed by atoms with Gasteiger partial charge in [0.05, 0.1) is 6.61 Å². The first-order valence-corrected chi connectivity index (χ1v) is 7.09. The number of hydrogen-bond donors (Lipinski definition) is 2. The molecule has 3 rings (SSSR count). The number of anilines is 1. The smallest absolute Gasteiger partial charge is 0.248 e. The van der Waals surface area contributed by atoms with Gasteiger partial charge in [0.1, 0.15) is 5.75 Å². The van der Waals surface area contributed by atoms with Crippen LogP contribution in [0.25, 0.3) is 0 Å². The molecule has 0 fully saturated rings. The minimum atomic E-state index is -0.407. The molecule has 1 amide bonds. The first-order chi connectivity index (χ1) is 10.2. The predicted octanol–water partition coefficient (Wildman–Crippen LogP) is 2.76. The molecular formula is C17H18N2O2. The summed E-state index contributed by atoms with van der Waals surface area (Å²) in [5.74, 6) is 0.976. The lowest BCUT2D eigenvalue weighted by atomic mass is 9.93. The summed E-state index contributed by atoms with van der Waals surface area (Å²) in [6, 6.07) is 15.4. The van der Waals surface area contributed by atoms with Crippen LogP contribution in [0, 0.1) is 0 Å². The fraction of sp³-hybridized carbons (Fsp3) is 0.235. The Labute approximate surface area is 123 Å². The molecule has 1 aliphatic heterocycles. The van der Waals surface area contributed by atoms with Gasteiger partial charge in [-0.1, -0.05) is 24.3 Å². The van der Waals surface area contributed by atoms with Crippen molar-refractivity contribution in [3.8, 4) is 5.75 Å². The number of carbonyl (C=O) groups is 1. The number of nitrogens with two attached hydrogens (primary N) is 1. The molecule has 3 N–H and O–H groups in total. The molecular weight excluding hydrogens is 264 g/mol. The minimum absolute atomic E-state index is 0.407. The standard InChI is InChI=1S/C17H18N2O2/c18-17(20)12-4-3-5-14(10-12)19-11-13-8-9-21-16-7-2-1-6-15(13)16/h1-7,10,13,19H,8-9,11H2,(H2,18,20). The number of primary amides is 1. The van der Waals surface area contributed by atoms with Crippen molar-refractivity contribution in [1.29, 1.82) is 0 Å². The minimum Gasteiger partial charge on any atom is -0.493 e. The molecule has 4 nitrogen and oxygen atoms in total. The van der Waals surface area contributed by atoms with Crippen LogP contribution in [-0.4, -0.2) is 19.1 Å². The number of carbonyl (C=O) groups excluding carboxylic acids is 1. The zero-order valence-electron chi connectivity index (χ0n) is 11.7. The highest BCUT2D eigenvalue weighted by molar-refractivity contribution is 5.93. The van der Waals surface area contributed by atoms with Crippen molar-refractivity contribution in [2.75, 3.05) is 18.5 Å². The van der Waals surface area contributed by atoms with Crippen LogP contribution in [0.3, 0.4) is 0 Å². The number of fused-ring (bicyclic) bond motifs is 1. The van der Waals surface area contributed by atoms with Crippen LogP contribution in [0.4, 0.5) is 5.69 Å². The summed E-state index contributed by atoms with van der Waals surface area (Å²) in [7, 11) is 0. The van der Waals surface area contributed by atoms with E-state index in [1.54, 1.807) is 12.1 Å². The van der Waals surface area contributed by atoms with E-state index in [0.29, 0.717) is 11.5 Å². The van der Waals surface area contributed by atoms with Crippen molar-refractivity contribution in [3.05, 3.63) is 59.7 Å². The molecule has 2 aromatic carbocycles. The van der Waals surface area contributed by atoms with Crippen molar-refractivity contribution in [2.24, 2.45) is 5.73 Å². The number of para-hydroxylation sites is 1. The van der Waals surface area contributed by atoms with Crippen LogP contribution in [0.5, 0.6) is 5.75 Å². The van der Waals surface area contributed by atoms with Crippen LogP contribution >= 0.6 is 0 Å². The fourth-order valence-corrected chi connectivity index (χ4v) is 2.65. The van der Waals surface area contributed by atoms with E-state index in [1.807, 2.05) is 30.3 Å². The monoisotopic (exact) mass is 282 g/mol. The largest absolute Gasteiger partial charge is 0.493 e. The summed E-state index contributed by atoms with van der Waals surface area (Å²) >= 11 is 0. The van der Waals surface area contributed by atoms with E-state index in [4.69, 9.17) is 10.5 Å². The molecule has 1 atom stereocenters. The SMILES string of the molecule is NC(=O)c1cccc(NCC2CCOc3ccccc32)c1. The van der Waals surface area contributed by atoms with E-state index in [2.05, 4.69) is 11.4 Å². The molecule has 0 bridgehead atoms. The first-order valence-electron chi connectivity index (χ1n) is 7.09. The van der Waals surface area contributed by atoms with E-state index in [-0.39, 0.29) is 0 Å². The highest BCUT2D eigenvalue weighted by Crippen LogP contribution is 2.33. The third-order valence-corrected chi connectivity index (χ3v) is 3.78. The number of rotatable bonds is 4. The summed E-state index contributed by atoms with van der Waals surface area (Å²) in [4.78, 5) is 11.2. The molecule has 0 spiro atoms. The summed E-state index contributed by atoms with van der Waals surface area (Å²) < 4.78 is 5.67. The molecule has 2 aromatic rings. The summed E-state index contributed by atoms with van der Waals surface area (Å²) in [5, 5.41) is 3.39. The Kier molecular flexibility index (Phi) is 3.77. The Morgan fingerprint density at radius 1 is 1.24 bits per heavy atom. The zero-order chi connectivity index (χ0) is 14.7. The van der Waals surface area contributed by atoms with Crippen molar-refractivity contribution < 1.29 is 9.53 Å². The topological polar surface area (TPSA) is 64.4 Å². The Hall–Kier alpha value is -2.49. The molecule has 0 aliphatic carbocycles. The highest BCUT2D eigenvalue weighted by Gasteiger charge is 2.20. The highest BCUT2D eigenvalue weighted by atomic mass is 16.5. The van der Waals surface area contributed by atoms with E-state index in [1.165, 1.54) is 5.56 Å². The molecule has 21 heavy (non-hydrogen) atoms. The third kappa shape index (κ3) is 2.99. The van der Waals surface area contributed by atoms with Gasteiger partial charge in [-0.15, -0.1) is 0 Å². The molecule has 1 aliphatic rings. The lowest BCUT2D eigenvalue weighted by Gasteiger charge is -2.26. The van der Waals surface area contributed by atoms with Crippen LogP contribution in [0.2, 0.25) is 0 Å². The maximum Gasteiger partial charge on any atom is 0.248 e. The van der Waals surface area contributed by atoms with Crippen LogP contribution in [0.1, 0.15) is 28.3 Å². The first kappa shape index (κ1) is 13.5. The number of amides is 1. The van der Waals surface area contributed by atoms with Gasteiger partial charge >= 0.3 is 0 Å². The number of nitrogens with one attached hydrogen (secondary N) is 1. The van der Waals surface area contributed by atoms with Gasteiger partial charge in [0.2, 0.25) is 5.91 Å². The quantitative estimate of drug-likeness (QED) is 0.906. The van der Waals surface area contributed by atoms with Gasteiger partial charge in [0, 0.05) is 23.7 Å². The Balaban J connectivity index is 1.71. The van der Waals surface area contributed by atoms with Crippen molar-refractivity contribution in [1.82, 2.24) is 0 Å². The Morgan fingerprint density at radius 2 is 2.10 bits per heavy atom. The average molecular weight is 282 g/mol. The molecule has 0 saturated carbocycles. The second-order valence-electron chi connectivity index (χ2n) is 5.20. The molecule has 1 heterocycles. The summed E-state index contributed by atoms with van der Waals surface area (Å²) in [5.41, 5.74) is 7.97. The fourth-order valence-electron chi connectivity index (χ4n) is 2.65. The zero-order valence-corrected chi connectivity index (χ0v) is 11.7. The van der Waals surface area contributed by atoms with E-state index in [0.717, 1.165) is 31.0 Å².